The third-order valence-electron chi connectivity index (χ3n) is 2.65. The lowest BCUT2D eigenvalue weighted by Gasteiger charge is -2.15. The van der Waals surface area contributed by atoms with E-state index in [1.54, 1.807) is 30.4 Å². The van der Waals surface area contributed by atoms with Gasteiger partial charge in [0.15, 0.2) is 0 Å². The number of pyridine rings is 1. The molecule has 0 spiro atoms. The van der Waals surface area contributed by atoms with Crippen LogP contribution in [0.4, 0.5) is 0 Å². The van der Waals surface area contributed by atoms with Gasteiger partial charge in [0.25, 0.3) is 5.91 Å². The largest absolute Gasteiger partial charge is 0.356 e. The van der Waals surface area contributed by atoms with Crippen LogP contribution < -0.4 is 0 Å². The first-order valence-electron chi connectivity index (χ1n) is 5.66. The van der Waals surface area contributed by atoms with Gasteiger partial charge in [-0.25, -0.2) is 0 Å². The summed E-state index contributed by atoms with van der Waals surface area (Å²) in [4.78, 5) is 20.7. The van der Waals surface area contributed by atoms with Crippen molar-refractivity contribution in [3.05, 3.63) is 53.1 Å². The Morgan fingerprint density at radius 1 is 1.50 bits per heavy atom. The van der Waals surface area contributed by atoms with Crippen LogP contribution in [0.1, 0.15) is 16.2 Å². The quantitative estimate of drug-likeness (QED) is 0.921. The van der Waals surface area contributed by atoms with Crippen LogP contribution in [-0.2, 0) is 6.42 Å². The molecule has 0 aliphatic carbocycles. The Bertz CT molecular complexity index is 524. The standard InChI is InChI=1S/C13H14ClN3O/c1-17(7-5-11-4-2-3-6-15-11)13(18)12-8-10(14)9-16-12/h2-4,6,8-9,16H,5,7H2,1H3. The Balaban J connectivity index is 1.92. The fourth-order valence-electron chi connectivity index (χ4n) is 1.63. The lowest BCUT2D eigenvalue weighted by Crippen LogP contribution is -2.29. The maximum atomic E-state index is 12.0. The number of hydrogen-bond donors (Lipinski definition) is 1. The van der Waals surface area contributed by atoms with E-state index in [4.69, 9.17) is 11.6 Å². The zero-order valence-corrected chi connectivity index (χ0v) is 10.8. The van der Waals surface area contributed by atoms with E-state index in [2.05, 4.69) is 9.97 Å². The van der Waals surface area contributed by atoms with Gasteiger partial charge in [-0.15, -0.1) is 0 Å². The number of amides is 1. The first-order chi connectivity index (χ1) is 8.66. The molecule has 0 aliphatic rings. The zero-order valence-electron chi connectivity index (χ0n) is 10.1. The van der Waals surface area contributed by atoms with Gasteiger partial charge >= 0.3 is 0 Å². The van der Waals surface area contributed by atoms with E-state index in [9.17, 15) is 4.79 Å². The summed E-state index contributed by atoms with van der Waals surface area (Å²) in [5, 5.41) is 0.538. The van der Waals surface area contributed by atoms with Crippen LogP contribution in [0.2, 0.25) is 5.02 Å². The monoisotopic (exact) mass is 263 g/mol. The first-order valence-corrected chi connectivity index (χ1v) is 6.04. The highest BCUT2D eigenvalue weighted by Gasteiger charge is 2.13. The molecule has 0 atom stereocenters. The minimum absolute atomic E-state index is 0.0715. The molecule has 0 aromatic carbocycles. The number of aromatic nitrogens is 2. The zero-order chi connectivity index (χ0) is 13.0. The number of halogens is 1. The summed E-state index contributed by atoms with van der Waals surface area (Å²) in [6.45, 7) is 0.618. The van der Waals surface area contributed by atoms with Gasteiger partial charge < -0.3 is 9.88 Å². The molecule has 0 aliphatic heterocycles. The minimum atomic E-state index is -0.0715. The minimum Gasteiger partial charge on any atom is -0.356 e. The number of H-pyrrole nitrogens is 1. The van der Waals surface area contributed by atoms with Gasteiger partial charge in [-0.05, 0) is 18.2 Å². The molecular weight excluding hydrogens is 250 g/mol. The van der Waals surface area contributed by atoms with E-state index in [-0.39, 0.29) is 5.91 Å². The molecule has 18 heavy (non-hydrogen) atoms. The molecule has 0 fully saturated rings. The van der Waals surface area contributed by atoms with E-state index in [0.717, 1.165) is 12.1 Å². The van der Waals surface area contributed by atoms with Crippen LogP contribution in [-0.4, -0.2) is 34.4 Å². The highest BCUT2D eigenvalue weighted by Crippen LogP contribution is 2.11. The highest BCUT2D eigenvalue weighted by atomic mass is 35.5. The fourth-order valence-corrected chi connectivity index (χ4v) is 1.79. The topological polar surface area (TPSA) is 49.0 Å². The van der Waals surface area contributed by atoms with Gasteiger partial charge in [-0.1, -0.05) is 17.7 Å². The summed E-state index contributed by atoms with van der Waals surface area (Å²) in [7, 11) is 1.76. The lowest BCUT2D eigenvalue weighted by molar-refractivity contribution is 0.0791. The van der Waals surface area contributed by atoms with Crippen molar-refractivity contribution < 1.29 is 4.79 Å². The second-order valence-corrected chi connectivity index (χ2v) is 4.47. The van der Waals surface area contributed by atoms with E-state index in [1.165, 1.54) is 0 Å². The van der Waals surface area contributed by atoms with E-state index in [0.29, 0.717) is 17.3 Å². The Morgan fingerprint density at radius 3 is 2.94 bits per heavy atom. The summed E-state index contributed by atoms with van der Waals surface area (Å²) < 4.78 is 0. The number of nitrogens with zero attached hydrogens (tertiary/aromatic N) is 2. The van der Waals surface area contributed by atoms with Crippen molar-refractivity contribution in [1.82, 2.24) is 14.9 Å². The van der Waals surface area contributed by atoms with Gasteiger partial charge in [0, 0.05) is 38.1 Å². The van der Waals surface area contributed by atoms with Gasteiger partial charge in [-0.2, -0.15) is 0 Å². The lowest BCUT2D eigenvalue weighted by atomic mass is 10.2. The Hall–Kier alpha value is -1.81. The van der Waals surface area contributed by atoms with Crippen molar-refractivity contribution in [2.45, 2.75) is 6.42 Å². The molecule has 0 saturated heterocycles. The van der Waals surface area contributed by atoms with E-state index in [1.807, 2.05) is 18.2 Å². The molecule has 4 nitrogen and oxygen atoms in total. The molecule has 0 radical (unpaired) electrons. The summed E-state index contributed by atoms with van der Waals surface area (Å²) in [6, 6.07) is 7.39. The van der Waals surface area contributed by atoms with Crippen molar-refractivity contribution in [2.75, 3.05) is 13.6 Å². The van der Waals surface area contributed by atoms with Crippen molar-refractivity contribution in [1.29, 1.82) is 0 Å². The number of aromatic amines is 1. The fraction of sp³-hybridized carbons (Fsp3) is 0.231. The SMILES string of the molecule is CN(CCc1ccccn1)C(=O)c1cc(Cl)c[nH]1. The van der Waals surface area contributed by atoms with Crippen molar-refractivity contribution in [3.63, 3.8) is 0 Å². The van der Waals surface area contributed by atoms with Crippen molar-refractivity contribution in [2.24, 2.45) is 0 Å². The summed E-state index contributed by atoms with van der Waals surface area (Å²) in [6.07, 6.45) is 4.08. The molecule has 94 valence electrons. The maximum absolute atomic E-state index is 12.0. The van der Waals surface area contributed by atoms with Gasteiger partial charge in [-0.3, -0.25) is 9.78 Å². The third kappa shape index (κ3) is 3.11. The molecule has 0 unspecified atom stereocenters. The Kier molecular flexibility index (Phi) is 3.99. The predicted octanol–water partition coefficient (Wildman–Crippen LogP) is 2.38. The number of carbonyl (C=O) groups excluding carboxylic acids is 1. The second-order valence-electron chi connectivity index (χ2n) is 4.03. The van der Waals surface area contributed by atoms with Crippen LogP contribution in [0.15, 0.2) is 36.7 Å². The molecule has 0 saturated carbocycles. The van der Waals surface area contributed by atoms with Crippen LogP contribution in [0.3, 0.4) is 0 Å². The molecule has 0 bridgehead atoms. The molecule has 1 amide bonds. The summed E-state index contributed by atoms with van der Waals surface area (Å²) >= 11 is 5.77. The highest BCUT2D eigenvalue weighted by molar-refractivity contribution is 6.30. The number of rotatable bonds is 4. The Morgan fingerprint density at radius 2 is 2.33 bits per heavy atom. The number of hydrogen-bond acceptors (Lipinski definition) is 2. The first kappa shape index (κ1) is 12.6. The van der Waals surface area contributed by atoms with E-state index >= 15 is 0 Å². The molecular formula is C13H14ClN3O. The smallest absolute Gasteiger partial charge is 0.270 e. The average molecular weight is 264 g/mol. The summed E-state index contributed by atoms with van der Waals surface area (Å²) in [5.41, 5.74) is 1.48. The predicted molar refractivity (Wildman–Crippen MR) is 70.7 cm³/mol. The molecule has 2 rings (SSSR count). The summed E-state index contributed by atoms with van der Waals surface area (Å²) in [5.74, 6) is -0.0715. The third-order valence-corrected chi connectivity index (χ3v) is 2.87. The Labute approximate surface area is 111 Å². The molecule has 1 N–H and O–H groups in total. The maximum Gasteiger partial charge on any atom is 0.270 e. The molecule has 2 aromatic rings. The molecule has 2 aromatic heterocycles. The van der Waals surface area contributed by atoms with E-state index < -0.39 is 0 Å². The van der Waals surface area contributed by atoms with Crippen LogP contribution in [0.5, 0.6) is 0 Å². The van der Waals surface area contributed by atoms with Gasteiger partial charge in [0.2, 0.25) is 0 Å². The second kappa shape index (κ2) is 5.69. The normalized spacial score (nSPS) is 10.3. The number of carbonyl (C=O) groups is 1. The number of nitrogens with one attached hydrogen (secondary N) is 1. The number of likely N-dealkylation sites (N-methyl/N-ethyl adjacent to an activating group) is 1. The average Bonchev–Trinajstić information content (AvgIpc) is 2.83. The van der Waals surface area contributed by atoms with Crippen molar-refractivity contribution >= 4 is 17.5 Å². The van der Waals surface area contributed by atoms with Crippen LogP contribution in [0, 0.1) is 0 Å². The van der Waals surface area contributed by atoms with Gasteiger partial charge in [0.05, 0.1) is 5.02 Å². The molecule has 5 heteroatoms. The van der Waals surface area contributed by atoms with Gasteiger partial charge in [0.1, 0.15) is 5.69 Å². The van der Waals surface area contributed by atoms with Crippen molar-refractivity contribution in [3.8, 4) is 0 Å². The molecule has 2 heterocycles. The van der Waals surface area contributed by atoms with Crippen LogP contribution in [0.25, 0.3) is 0 Å². The van der Waals surface area contributed by atoms with Crippen LogP contribution >= 0.6 is 11.6 Å².